The monoisotopic (exact) mass is 416 g/mol. The van der Waals surface area contributed by atoms with Gasteiger partial charge in [0.2, 0.25) is 13.5 Å². The highest BCUT2D eigenvalue weighted by molar-refractivity contribution is 6.09. The first-order valence-corrected chi connectivity index (χ1v) is 9.34. The van der Waals surface area contributed by atoms with Crippen molar-refractivity contribution in [3.63, 3.8) is 0 Å². The van der Waals surface area contributed by atoms with E-state index in [9.17, 15) is 14.9 Å². The Kier molecular flexibility index (Phi) is 5.16. The molecule has 2 N–H and O–H groups in total. The van der Waals surface area contributed by atoms with Crippen LogP contribution < -0.4 is 16.9 Å². The summed E-state index contributed by atoms with van der Waals surface area (Å²) in [6, 6.07) is 20.8. The fourth-order valence-electron chi connectivity index (χ4n) is 3.32. The molecular formula is C23H13BN6O2. The molecule has 4 rings (SSSR count). The molecule has 2 heterocycles. The van der Waals surface area contributed by atoms with Crippen molar-refractivity contribution in [3.8, 4) is 34.1 Å². The number of benzene rings is 2. The maximum absolute atomic E-state index is 12.4. The zero-order valence-corrected chi connectivity index (χ0v) is 16.6. The summed E-state index contributed by atoms with van der Waals surface area (Å²) in [7, 11) is 5.60. The predicted molar refractivity (Wildman–Crippen MR) is 122 cm³/mol. The van der Waals surface area contributed by atoms with Gasteiger partial charge in [0.15, 0.2) is 0 Å². The first-order valence-electron chi connectivity index (χ1n) is 9.34. The lowest BCUT2D eigenvalue weighted by Crippen LogP contribution is -2.23. The number of aromatic nitrogens is 3. The van der Waals surface area contributed by atoms with Crippen LogP contribution in [0.15, 0.2) is 76.3 Å². The van der Waals surface area contributed by atoms with Crippen molar-refractivity contribution < 1.29 is 0 Å². The summed E-state index contributed by atoms with van der Waals surface area (Å²) in [5.74, 6) is -0.238. The van der Waals surface area contributed by atoms with Gasteiger partial charge in [0.1, 0.15) is 11.9 Å². The molecule has 0 saturated carbocycles. The second-order valence-corrected chi connectivity index (χ2v) is 6.76. The zero-order valence-electron chi connectivity index (χ0n) is 16.6. The van der Waals surface area contributed by atoms with Gasteiger partial charge in [-0.05, 0) is 23.8 Å². The number of nitrogens with two attached hydrogens (primary N) is 1. The lowest BCUT2D eigenvalue weighted by atomic mass is 9.98. The molecule has 2 aromatic heterocycles. The van der Waals surface area contributed by atoms with Crippen LogP contribution in [0, 0.1) is 17.9 Å². The van der Waals surface area contributed by atoms with Gasteiger partial charge in [-0.2, -0.15) is 15.0 Å². The fraction of sp³-hybridized carbons (Fsp3) is 0. The highest BCUT2D eigenvalue weighted by Gasteiger charge is 2.20. The van der Waals surface area contributed by atoms with Gasteiger partial charge < -0.3 is 10.2 Å². The Balaban J connectivity index is 1.85. The molecular weight excluding hydrogens is 403 g/mol. The normalized spacial score (nSPS) is 10.3. The molecule has 0 spiro atoms. The van der Waals surface area contributed by atoms with Gasteiger partial charge in [0.05, 0.1) is 23.5 Å². The topological polar surface area (TPSA) is 111 Å². The molecule has 0 unspecified atom stereocenters. The fourth-order valence-corrected chi connectivity index (χ4v) is 3.32. The minimum Gasteiger partial charge on any atom is -0.385 e. The van der Waals surface area contributed by atoms with Crippen LogP contribution in [-0.2, 0) is 0 Å². The quantitative estimate of drug-likeness (QED) is 0.408. The third kappa shape index (κ3) is 3.34. The maximum atomic E-state index is 12.4. The molecule has 0 fully saturated rings. The van der Waals surface area contributed by atoms with Crippen LogP contribution in [0.5, 0.6) is 0 Å². The summed E-state index contributed by atoms with van der Waals surface area (Å²) >= 11 is 0. The van der Waals surface area contributed by atoms with Crippen molar-refractivity contribution >= 4 is 19.5 Å². The lowest BCUT2D eigenvalue weighted by molar-refractivity contribution is 0.812. The van der Waals surface area contributed by atoms with Crippen LogP contribution in [-0.4, -0.2) is 22.2 Å². The summed E-state index contributed by atoms with van der Waals surface area (Å²) in [5.41, 5.74) is 6.76. The summed E-state index contributed by atoms with van der Waals surface area (Å²) in [6.45, 7) is 7.37. The van der Waals surface area contributed by atoms with Crippen LogP contribution in [0.2, 0.25) is 0 Å². The van der Waals surface area contributed by atoms with E-state index >= 15 is 0 Å². The van der Waals surface area contributed by atoms with Gasteiger partial charge in [0.25, 0.3) is 11.2 Å². The van der Waals surface area contributed by atoms with Gasteiger partial charge in [-0.25, -0.2) is 4.85 Å². The number of pyridine rings is 1. The number of anilines is 1. The molecule has 0 aliphatic rings. The molecule has 9 heteroatoms. The van der Waals surface area contributed by atoms with Gasteiger partial charge in [-0.1, -0.05) is 42.5 Å². The van der Waals surface area contributed by atoms with Crippen LogP contribution in [0.1, 0.15) is 5.56 Å². The van der Waals surface area contributed by atoms with E-state index in [0.717, 1.165) is 5.56 Å². The minimum absolute atomic E-state index is 0.0767. The Bertz CT molecular complexity index is 1540. The number of hydrogen-bond donors (Lipinski definition) is 1. The van der Waals surface area contributed by atoms with E-state index in [1.165, 1.54) is 10.7 Å². The summed E-state index contributed by atoms with van der Waals surface area (Å²) in [5, 5.41) is 14.0. The number of nitrogens with zero attached hydrogens (tertiary/aromatic N) is 5. The third-order valence-corrected chi connectivity index (χ3v) is 4.92. The minimum atomic E-state index is -0.802. The molecule has 0 saturated heterocycles. The van der Waals surface area contributed by atoms with Gasteiger partial charge in [-0.15, -0.1) is 0 Å². The van der Waals surface area contributed by atoms with Crippen molar-refractivity contribution in [1.82, 2.24) is 14.3 Å². The van der Waals surface area contributed by atoms with E-state index in [-0.39, 0.29) is 28.2 Å². The number of nitrogen functional groups attached to an aromatic ring is 1. The lowest BCUT2D eigenvalue weighted by Gasteiger charge is -2.14. The second-order valence-electron chi connectivity index (χ2n) is 6.76. The molecule has 32 heavy (non-hydrogen) atoms. The van der Waals surface area contributed by atoms with E-state index in [4.69, 9.17) is 20.3 Å². The predicted octanol–water partition coefficient (Wildman–Crippen LogP) is 2.66. The first-order chi connectivity index (χ1) is 15.5. The van der Waals surface area contributed by atoms with Crippen molar-refractivity contribution in [1.29, 1.82) is 5.26 Å². The van der Waals surface area contributed by atoms with Crippen LogP contribution >= 0.6 is 0 Å². The highest BCUT2D eigenvalue weighted by Crippen LogP contribution is 2.34. The van der Waals surface area contributed by atoms with Crippen molar-refractivity contribution in [2.24, 2.45) is 0 Å². The summed E-state index contributed by atoms with van der Waals surface area (Å²) in [6.07, 6.45) is 0. The molecule has 0 aliphatic carbocycles. The van der Waals surface area contributed by atoms with Crippen molar-refractivity contribution in [2.75, 3.05) is 5.73 Å². The average molecular weight is 416 g/mol. The average Bonchev–Trinajstić information content (AvgIpc) is 2.83. The van der Waals surface area contributed by atoms with Gasteiger partial charge in [-0.3, -0.25) is 9.59 Å². The second kappa shape index (κ2) is 8.09. The molecule has 2 radical (unpaired) electrons. The zero-order chi connectivity index (χ0) is 22.8. The van der Waals surface area contributed by atoms with E-state index in [1.807, 2.05) is 36.4 Å². The van der Waals surface area contributed by atoms with Crippen LogP contribution in [0.4, 0.5) is 11.5 Å². The number of hydrogen-bond acceptors (Lipinski definition) is 5. The third-order valence-electron chi connectivity index (χ3n) is 4.92. The molecule has 0 amide bonds. The van der Waals surface area contributed by atoms with Gasteiger partial charge >= 0.3 is 0 Å². The Hall–Kier alpha value is -4.89. The standard InChI is InChI=1S/C23H13BN6O2/c1-27-21-20(17(13-25)22(26)29(24)23(21)32)15-7-9-16(10-8-15)30-19(31)12-11-18(28-30)14-5-3-2-4-6-14/h2-12H,26H2. The molecule has 150 valence electrons. The Morgan fingerprint density at radius 2 is 1.69 bits per heavy atom. The molecule has 0 bridgehead atoms. The van der Waals surface area contributed by atoms with Crippen LogP contribution in [0.25, 0.3) is 32.9 Å². The van der Waals surface area contributed by atoms with E-state index in [1.54, 1.807) is 30.3 Å². The number of nitriles is 1. The maximum Gasteiger partial charge on any atom is 0.271 e. The Morgan fingerprint density at radius 1 is 1.00 bits per heavy atom. The largest absolute Gasteiger partial charge is 0.385 e. The first kappa shape index (κ1) is 20.4. The number of rotatable bonds is 3. The Labute approximate surface area is 183 Å². The van der Waals surface area contributed by atoms with Gasteiger partial charge in [0, 0.05) is 17.2 Å². The molecule has 0 atom stereocenters. The Morgan fingerprint density at radius 3 is 2.31 bits per heavy atom. The smallest absolute Gasteiger partial charge is 0.271 e. The molecule has 2 aromatic carbocycles. The molecule has 0 aliphatic heterocycles. The summed E-state index contributed by atoms with van der Waals surface area (Å²) < 4.78 is 1.83. The van der Waals surface area contributed by atoms with Crippen LogP contribution in [0.3, 0.4) is 0 Å². The van der Waals surface area contributed by atoms with E-state index < -0.39 is 5.56 Å². The van der Waals surface area contributed by atoms with Crippen molar-refractivity contribution in [2.45, 2.75) is 0 Å². The molecule has 8 nitrogen and oxygen atoms in total. The van der Waals surface area contributed by atoms with E-state index in [2.05, 4.69) is 9.94 Å². The van der Waals surface area contributed by atoms with E-state index in [0.29, 0.717) is 21.4 Å². The summed E-state index contributed by atoms with van der Waals surface area (Å²) in [4.78, 5) is 28.1. The molecule has 4 aromatic rings. The van der Waals surface area contributed by atoms with Crippen molar-refractivity contribution in [3.05, 3.63) is 104 Å². The SMILES string of the molecule is [B]n1c(N)c(C#N)c(-c2ccc(-n3nc(-c4ccccc4)ccc3=O)cc2)c([N+]#[C-])c1=O. The highest BCUT2D eigenvalue weighted by atomic mass is 16.1.